The summed E-state index contributed by atoms with van der Waals surface area (Å²) in [7, 11) is 0. The van der Waals surface area contributed by atoms with E-state index >= 15 is 0 Å². The lowest BCUT2D eigenvalue weighted by atomic mass is 10.2. The third kappa shape index (κ3) is 3.38. The van der Waals surface area contributed by atoms with Gasteiger partial charge < -0.3 is 19.7 Å². The number of aliphatic hydroxyl groups excluding tert-OH is 2. The van der Waals surface area contributed by atoms with E-state index < -0.39 is 24.1 Å². The van der Waals surface area contributed by atoms with Crippen molar-refractivity contribution in [2.75, 3.05) is 0 Å². The molecule has 0 aliphatic heterocycles. The summed E-state index contributed by atoms with van der Waals surface area (Å²) in [6.07, 6.45) is -2.50. The maximum atomic E-state index is 10.8. The van der Waals surface area contributed by atoms with Gasteiger partial charge in [0.1, 0.15) is 0 Å². The van der Waals surface area contributed by atoms with E-state index in [0.29, 0.717) is 0 Å². The van der Waals surface area contributed by atoms with Gasteiger partial charge in [0.15, 0.2) is 12.2 Å². The van der Waals surface area contributed by atoms with Gasteiger partial charge in [0, 0.05) is 0 Å². The Labute approximate surface area is 80.1 Å². The molecule has 0 aromatic carbocycles. The molecule has 0 rings (SSSR count). The van der Waals surface area contributed by atoms with Crippen molar-refractivity contribution in [2.45, 2.75) is 12.2 Å². The fourth-order valence-corrected chi connectivity index (χ4v) is 0.561. The van der Waals surface area contributed by atoms with Crippen LogP contribution in [0.15, 0.2) is 25.7 Å². The standard InChI is InChI=1S/C8H10O6/c1-3-13-7(11)5(9)6(10)8(12)14-4-2/h3-6,9-10H,1-2H2. The second-order valence-corrected chi connectivity index (χ2v) is 2.10. The molecule has 0 saturated heterocycles. The molecule has 2 N–H and O–H groups in total. The molecule has 2 atom stereocenters. The first-order valence-electron chi connectivity index (χ1n) is 3.53. The number of carbonyl (C=O) groups excluding carboxylic acids is 2. The van der Waals surface area contributed by atoms with Crippen molar-refractivity contribution >= 4 is 11.9 Å². The van der Waals surface area contributed by atoms with Crippen molar-refractivity contribution in [1.82, 2.24) is 0 Å². The normalized spacial score (nSPS) is 13.6. The van der Waals surface area contributed by atoms with E-state index in [1.165, 1.54) is 0 Å². The van der Waals surface area contributed by atoms with Gasteiger partial charge in [-0.2, -0.15) is 0 Å². The fourth-order valence-electron chi connectivity index (χ4n) is 0.561. The number of hydrogen-bond acceptors (Lipinski definition) is 6. The molecule has 0 amide bonds. The summed E-state index contributed by atoms with van der Waals surface area (Å²) in [5.41, 5.74) is 0. The Hall–Kier alpha value is -1.66. The third-order valence-electron chi connectivity index (χ3n) is 1.18. The number of carbonyl (C=O) groups is 2. The predicted molar refractivity (Wildman–Crippen MR) is 44.6 cm³/mol. The highest BCUT2D eigenvalue weighted by molar-refractivity contribution is 5.85. The lowest BCUT2D eigenvalue weighted by molar-refractivity contribution is -0.166. The van der Waals surface area contributed by atoms with E-state index in [0.717, 1.165) is 12.5 Å². The second kappa shape index (κ2) is 5.90. The van der Waals surface area contributed by atoms with Crippen molar-refractivity contribution in [3.8, 4) is 0 Å². The summed E-state index contributed by atoms with van der Waals surface area (Å²) in [5.74, 6) is -2.40. The lowest BCUT2D eigenvalue weighted by Gasteiger charge is -2.12. The van der Waals surface area contributed by atoms with E-state index in [1.807, 2.05) is 0 Å². The van der Waals surface area contributed by atoms with Crippen LogP contribution in [0, 0.1) is 0 Å². The first-order chi connectivity index (χ1) is 6.54. The molecular formula is C8H10O6. The molecule has 0 aromatic heterocycles. The zero-order valence-corrected chi connectivity index (χ0v) is 7.25. The lowest BCUT2D eigenvalue weighted by Crippen LogP contribution is -2.40. The number of esters is 2. The van der Waals surface area contributed by atoms with Gasteiger partial charge in [-0.1, -0.05) is 13.2 Å². The molecule has 0 spiro atoms. The zero-order chi connectivity index (χ0) is 11.1. The number of hydrogen-bond donors (Lipinski definition) is 2. The molecule has 0 aromatic rings. The molecule has 2 unspecified atom stereocenters. The van der Waals surface area contributed by atoms with E-state index in [1.54, 1.807) is 0 Å². The molecule has 0 aliphatic carbocycles. The van der Waals surface area contributed by atoms with Crippen molar-refractivity contribution in [3.05, 3.63) is 25.7 Å². The minimum atomic E-state index is -2.01. The monoisotopic (exact) mass is 202 g/mol. The summed E-state index contributed by atoms with van der Waals surface area (Å²) >= 11 is 0. The molecule has 0 radical (unpaired) electrons. The smallest absolute Gasteiger partial charge is 0.343 e. The second-order valence-electron chi connectivity index (χ2n) is 2.10. The summed E-state index contributed by atoms with van der Waals surface area (Å²) in [6.45, 7) is 6.11. The number of ether oxygens (including phenoxy) is 2. The molecule has 0 bridgehead atoms. The van der Waals surface area contributed by atoms with E-state index in [9.17, 15) is 9.59 Å². The van der Waals surface area contributed by atoms with Gasteiger partial charge in [0.2, 0.25) is 0 Å². The van der Waals surface area contributed by atoms with Crippen LogP contribution in [-0.4, -0.2) is 34.4 Å². The summed E-state index contributed by atoms with van der Waals surface area (Å²) < 4.78 is 8.27. The maximum Gasteiger partial charge on any atom is 0.343 e. The summed E-state index contributed by atoms with van der Waals surface area (Å²) in [5, 5.41) is 18.0. The van der Waals surface area contributed by atoms with E-state index in [-0.39, 0.29) is 0 Å². The molecule has 0 fully saturated rings. The molecular weight excluding hydrogens is 192 g/mol. The average Bonchev–Trinajstić information content (AvgIpc) is 2.16. The topological polar surface area (TPSA) is 93.1 Å². The quantitative estimate of drug-likeness (QED) is 0.442. The van der Waals surface area contributed by atoms with Crippen LogP contribution in [0.1, 0.15) is 0 Å². The van der Waals surface area contributed by atoms with Crippen molar-refractivity contribution < 1.29 is 29.3 Å². The molecule has 6 nitrogen and oxygen atoms in total. The summed E-state index contributed by atoms with van der Waals surface area (Å²) in [4.78, 5) is 21.5. The van der Waals surface area contributed by atoms with Gasteiger partial charge >= 0.3 is 11.9 Å². The molecule has 14 heavy (non-hydrogen) atoms. The maximum absolute atomic E-state index is 10.8. The highest BCUT2D eigenvalue weighted by Crippen LogP contribution is 2.00. The fraction of sp³-hybridized carbons (Fsp3) is 0.250. The average molecular weight is 202 g/mol. The molecule has 0 saturated carbocycles. The van der Waals surface area contributed by atoms with Gasteiger partial charge in [-0.3, -0.25) is 0 Å². The molecule has 0 aliphatic rings. The van der Waals surface area contributed by atoms with Gasteiger partial charge in [-0.15, -0.1) is 0 Å². The van der Waals surface area contributed by atoms with Crippen LogP contribution < -0.4 is 0 Å². The Morgan fingerprint density at radius 2 is 1.29 bits per heavy atom. The van der Waals surface area contributed by atoms with Gasteiger partial charge in [-0.05, 0) is 0 Å². The predicted octanol–water partition coefficient (Wildman–Crippen LogP) is -0.918. The van der Waals surface area contributed by atoms with Gasteiger partial charge in [0.25, 0.3) is 0 Å². The van der Waals surface area contributed by atoms with Gasteiger partial charge in [0.05, 0.1) is 12.5 Å². The molecule has 78 valence electrons. The minimum absolute atomic E-state index is 0.761. The Morgan fingerprint density at radius 1 is 1.00 bits per heavy atom. The van der Waals surface area contributed by atoms with Crippen LogP contribution in [0.25, 0.3) is 0 Å². The molecule has 6 heteroatoms. The van der Waals surface area contributed by atoms with Gasteiger partial charge in [-0.25, -0.2) is 9.59 Å². The van der Waals surface area contributed by atoms with Crippen molar-refractivity contribution in [2.24, 2.45) is 0 Å². The Morgan fingerprint density at radius 3 is 1.50 bits per heavy atom. The van der Waals surface area contributed by atoms with Crippen LogP contribution in [0.3, 0.4) is 0 Å². The largest absolute Gasteiger partial charge is 0.433 e. The molecule has 0 heterocycles. The highest BCUT2D eigenvalue weighted by atomic mass is 16.6. The first kappa shape index (κ1) is 12.3. The summed E-state index contributed by atoms with van der Waals surface area (Å²) in [6, 6.07) is 0. The Kier molecular flexibility index (Phi) is 5.20. The zero-order valence-electron chi connectivity index (χ0n) is 7.25. The van der Waals surface area contributed by atoms with Crippen molar-refractivity contribution in [1.29, 1.82) is 0 Å². The SMILES string of the molecule is C=COC(=O)C(O)C(O)C(=O)OC=C. The van der Waals surface area contributed by atoms with Crippen molar-refractivity contribution in [3.63, 3.8) is 0 Å². The number of rotatable bonds is 5. The Balaban J connectivity index is 4.29. The number of aliphatic hydroxyl groups is 2. The van der Waals surface area contributed by atoms with E-state index in [2.05, 4.69) is 22.6 Å². The first-order valence-corrected chi connectivity index (χ1v) is 3.53. The van der Waals surface area contributed by atoms with Crippen LogP contribution in [0.4, 0.5) is 0 Å². The highest BCUT2D eigenvalue weighted by Gasteiger charge is 2.32. The van der Waals surface area contributed by atoms with Crippen LogP contribution >= 0.6 is 0 Å². The van der Waals surface area contributed by atoms with Crippen LogP contribution in [0.5, 0.6) is 0 Å². The third-order valence-corrected chi connectivity index (χ3v) is 1.18. The Bertz CT molecular complexity index is 220. The van der Waals surface area contributed by atoms with Crippen LogP contribution in [0.2, 0.25) is 0 Å². The van der Waals surface area contributed by atoms with E-state index in [4.69, 9.17) is 10.2 Å². The minimum Gasteiger partial charge on any atom is -0.433 e. The van der Waals surface area contributed by atoms with Crippen LogP contribution in [-0.2, 0) is 19.1 Å².